The molecule has 0 unspecified atom stereocenters. The normalized spacial score (nSPS) is 9.50. The zero-order chi connectivity index (χ0) is 10.6. The van der Waals surface area contributed by atoms with E-state index in [1.807, 2.05) is 0 Å². The third-order valence-electron chi connectivity index (χ3n) is 1.45. The number of benzene rings is 1. The SMILES string of the molecule is C=C(Br)COc1ccccc1[N+](=O)[O-]. The van der Waals surface area contributed by atoms with Crippen molar-refractivity contribution in [2.75, 3.05) is 6.61 Å². The van der Waals surface area contributed by atoms with Crippen LogP contribution in [0.5, 0.6) is 5.75 Å². The van der Waals surface area contributed by atoms with Crippen LogP contribution in [-0.2, 0) is 0 Å². The van der Waals surface area contributed by atoms with E-state index in [0.29, 0.717) is 4.48 Å². The lowest BCUT2D eigenvalue weighted by molar-refractivity contribution is -0.385. The van der Waals surface area contributed by atoms with Crippen molar-refractivity contribution in [2.45, 2.75) is 0 Å². The summed E-state index contributed by atoms with van der Waals surface area (Å²) < 4.78 is 5.81. The highest BCUT2D eigenvalue weighted by atomic mass is 79.9. The lowest BCUT2D eigenvalue weighted by atomic mass is 10.3. The van der Waals surface area contributed by atoms with E-state index in [-0.39, 0.29) is 18.0 Å². The van der Waals surface area contributed by atoms with E-state index in [0.717, 1.165) is 0 Å². The lowest BCUT2D eigenvalue weighted by Crippen LogP contribution is -1.99. The number of ether oxygens (including phenoxy) is 1. The largest absolute Gasteiger partial charge is 0.481 e. The van der Waals surface area contributed by atoms with E-state index in [1.54, 1.807) is 18.2 Å². The molecular weight excluding hydrogens is 250 g/mol. The molecule has 0 aliphatic carbocycles. The molecule has 1 aromatic carbocycles. The molecule has 0 aliphatic heterocycles. The zero-order valence-corrected chi connectivity index (χ0v) is 8.86. The van der Waals surface area contributed by atoms with E-state index in [2.05, 4.69) is 22.5 Å². The molecule has 74 valence electrons. The fourth-order valence-electron chi connectivity index (χ4n) is 0.886. The third-order valence-corrected chi connectivity index (χ3v) is 1.68. The number of nitro benzene ring substituents is 1. The first-order chi connectivity index (χ1) is 6.61. The topological polar surface area (TPSA) is 52.4 Å². The van der Waals surface area contributed by atoms with E-state index >= 15 is 0 Å². The zero-order valence-electron chi connectivity index (χ0n) is 7.27. The third kappa shape index (κ3) is 2.85. The minimum Gasteiger partial charge on any atom is -0.481 e. The average Bonchev–Trinajstić information content (AvgIpc) is 2.15. The molecule has 0 radical (unpaired) electrons. The summed E-state index contributed by atoms with van der Waals surface area (Å²) in [5.74, 6) is 0.248. The Morgan fingerprint density at radius 1 is 1.57 bits per heavy atom. The summed E-state index contributed by atoms with van der Waals surface area (Å²) >= 11 is 3.10. The van der Waals surface area contributed by atoms with Crippen LogP contribution in [-0.4, -0.2) is 11.5 Å². The van der Waals surface area contributed by atoms with Crippen LogP contribution in [0.4, 0.5) is 5.69 Å². The van der Waals surface area contributed by atoms with Crippen LogP contribution in [0.1, 0.15) is 0 Å². The maximum atomic E-state index is 10.6. The molecule has 4 nitrogen and oxygen atoms in total. The lowest BCUT2D eigenvalue weighted by Gasteiger charge is -2.04. The van der Waals surface area contributed by atoms with Crippen molar-refractivity contribution in [1.82, 2.24) is 0 Å². The van der Waals surface area contributed by atoms with Crippen molar-refractivity contribution in [1.29, 1.82) is 0 Å². The minimum absolute atomic E-state index is 0.0405. The van der Waals surface area contributed by atoms with Gasteiger partial charge < -0.3 is 4.74 Å². The summed E-state index contributed by atoms with van der Waals surface area (Å²) in [6.45, 7) is 3.78. The molecule has 0 saturated heterocycles. The average molecular weight is 258 g/mol. The van der Waals surface area contributed by atoms with Crippen molar-refractivity contribution >= 4 is 21.6 Å². The predicted molar refractivity (Wildman–Crippen MR) is 56.7 cm³/mol. The second kappa shape index (κ2) is 4.76. The highest BCUT2D eigenvalue weighted by molar-refractivity contribution is 9.11. The number of hydrogen-bond donors (Lipinski definition) is 0. The van der Waals surface area contributed by atoms with Gasteiger partial charge in [0.2, 0.25) is 0 Å². The molecule has 0 bridgehead atoms. The Hall–Kier alpha value is -1.36. The molecule has 0 spiro atoms. The van der Waals surface area contributed by atoms with Crippen LogP contribution in [0.2, 0.25) is 0 Å². The van der Waals surface area contributed by atoms with Gasteiger partial charge in [0, 0.05) is 10.5 Å². The second-order valence-corrected chi connectivity index (χ2v) is 3.65. The van der Waals surface area contributed by atoms with Gasteiger partial charge in [-0.05, 0) is 6.07 Å². The molecular formula is C9H8BrNO3. The highest BCUT2D eigenvalue weighted by Gasteiger charge is 2.13. The van der Waals surface area contributed by atoms with Gasteiger partial charge in [0.1, 0.15) is 6.61 Å². The van der Waals surface area contributed by atoms with Gasteiger partial charge >= 0.3 is 5.69 Å². The molecule has 1 aromatic rings. The predicted octanol–water partition coefficient (Wildman–Crippen LogP) is 2.88. The smallest absolute Gasteiger partial charge is 0.310 e. The van der Waals surface area contributed by atoms with Gasteiger partial charge in [-0.25, -0.2) is 0 Å². The summed E-state index contributed by atoms with van der Waals surface area (Å²) in [4.78, 5) is 10.1. The Morgan fingerprint density at radius 3 is 2.79 bits per heavy atom. The van der Waals surface area contributed by atoms with Gasteiger partial charge in [0.15, 0.2) is 5.75 Å². The fraction of sp³-hybridized carbons (Fsp3) is 0.111. The Morgan fingerprint density at radius 2 is 2.21 bits per heavy atom. The molecule has 0 heterocycles. The summed E-state index contributed by atoms with van der Waals surface area (Å²) in [5, 5.41) is 10.6. The summed E-state index contributed by atoms with van der Waals surface area (Å²) in [5.41, 5.74) is -0.0405. The Labute approximate surface area is 89.5 Å². The quantitative estimate of drug-likeness (QED) is 0.616. The first-order valence-corrected chi connectivity index (χ1v) is 4.60. The second-order valence-electron chi connectivity index (χ2n) is 2.53. The van der Waals surface area contributed by atoms with Crippen molar-refractivity contribution in [3.05, 3.63) is 45.4 Å². The fourth-order valence-corrected chi connectivity index (χ4v) is 1.00. The molecule has 0 atom stereocenters. The van der Waals surface area contributed by atoms with Gasteiger partial charge in [-0.2, -0.15) is 0 Å². The summed E-state index contributed by atoms with van der Waals surface area (Å²) in [7, 11) is 0. The molecule has 0 aliphatic rings. The molecule has 14 heavy (non-hydrogen) atoms. The van der Waals surface area contributed by atoms with Crippen molar-refractivity contribution in [3.63, 3.8) is 0 Å². The number of para-hydroxylation sites is 2. The molecule has 0 N–H and O–H groups in total. The van der Waals surface area contributed by atoms with Crippen molar-refractivity contribution in [2.24, 2.45) is 0 Å². The monoisotopic (exact) mass is 257 g/mol. The number of halogens is 1. The molecule has 5 heteroatoms. The van der Waals surface area contributed by atoms with Crippen LogP contribution in [0.15, 0.2) is 35.3 Å². The van der Waals surface area contributed by atoms with Crippen LogP contribution < -0.4 is 4.74 Å². The van der Waals surface area contributed by atoms with E-state index in [4.69, 9.17) is 4.74 Å². The molecule has 0 amide bonds. The maximum Gasteiger partial charge on any atom is 0.310 e. The highest BCUT2D eigenvalue weighted by Crippen LogP contribution is 2.26. The summed E-state index contributed by atoms with van der Waals surface area (Å²) in [6, 6.07) is 6.22. The number of nitrogens with zero attached hydrogens (tertiary/aromatic N) is 1. The van der Waals surface area contributed by atoms with Gasteiger partial charge in [-0.1, -0.05) is 34.6 Å². The van der Waals surface area contributed by atoms with Crippen LogP contribution >= 0.6 is 15.9 Å². The van der Waals surface area contributed by atoms with Gasteiger partial charge in [0.25, 0.3) is 0 Å². The van der Waals surface area contributed by atoms with E-state index < -0.39 is 4.92 Å². The molecule has 0 aromatic heterocycles. The van der Waals surface area contributed by atoms with Gasteiger partial charge in [-0.3, -0.25) is 10.1 Å². The van der Waals surface area contributed by atoms with Gasteiger partial charge in [0.05, 0.1) is 4.92 Å². The van der Waals surface area contributed by atoms with Crippen LogP contribution in [0.25, 0.3) is 0 Å². The molecule has 0 saturated carbocycles. The first kappa shape index (κ1) is 10.7. The Bertz CT molecular complexity index is 365. The van der Waals surface area contributed by atoms with E-state index in [9.17, 15) is 10.1 Å². The maximum absolute atomic E-state index is 10.6. The summed E-state index contributed by atoms with van der Waals surface area (Å²) in [6.07, 6.45) is 0. The van der Waals surface area contributed by atoms with E-state index in [1.165, 1.54) is 6.07 Å². The van der Waals surface area contributed by atoms with Crippen molar-refractivity contribution in [3.8, 4) is 5.75 Å². The van der Waals surface area contributed by atoms with Crippen LogP contribution in [0, 0.1) is 10.1 Å². The molecule has 0 fully saturated rings. The van der Waals surface area contributed by atoms with Gasteiger partial charge in [-0.15, -0.1) is 0 Å². The number of hydrogen-bond acceptors (Lipinski definition) is 3. The number of rotatable bonds is 4. The molecule has 1 rings (SSSR count). The number of nitro groups is 1. The Kier molecular flexibility index (Phi) is 3.64. The van der Waals surface area contributed by atoms with Crippen molar-refractivity contribution < 1.29 is 9.66 Å². The Balaban J connectivity index is 2.84. The standard InChI is InChI=1S/C9H8BrNO3/c1-7(10)6-14-9-5-3-2-4-8(9)11(12)13/h2-5H,1,6H2. The minimum atomic E-state index is -0.480. The van der Waals surface area contributed by atoms with Crippen LogP contribution in [0.3, 0.4) is 0 Å². The first-order valence-electron chi connectivity index (χ1n) is 3.80.